The maximum absolute atomic E-state index is 13.4. The first-order valence-corrected chi connectivity index (χ1v) is 6.97. The Hall–Kier alpha value is -1.19. The lowest BCUT2D eigenvalue weighted by atomic mass is 9.86. The monoisotopic (exact) mass is 321 g/mol. The number of halogens is 2. The molecule has 100 valence electrons. The van der Waals surface area contributed by atoms with Crippen LogP contribution in [0.3, 0.4) is 0 Å². The van der Waals surface area contributed by atoms with Crippen molar-refractivity contribution in [2.24, 2.45) is 5.73 Å². The predicted octanol–water partition coefficient (Wildman–Crippen LogP) is 4.31. The fraction of sp³-hybridized carbons (Fsp3) is 0.250. The Morgan fingerprint density at radius 2 is 1.79 bits per heavy atom. The molecule has 0 heterocycles. The maximum atomic E-state index is 13.4. The summed E-state index contributed by atoms with van der Waals surface area (Å²) in [5.74, 6) is -0.246. The fourth-order valence-corrected chi connectivity index (χ4v) is 2.69. The van der Waals surface area contributed by atoms with Gasteiger partial charge in [0, 0.05) is 10.0 Å². The second kappa shape index (κ2) is 5.43. The molecule has 0 spiro atoms. The zero-order chi connectivity index (χ0) is 14.0. The highest BCUT2D eigenvalue weighted by atomic mass is 79.9. The van der Waals surface area contributed by atoms with Crippen molar-refractivity contribution in [3.63, 3.8) is 0 Å². The SMILES string of the molecule is Cc1ccc(C(C)(N)Cc2cc(F)cc(Br)c2)cc1. The van der Waals surface area contributed by atoms with Crippen molar-refractivity contribution < 1.29 is 4.39 Å². The number of nitrogens with two attached hydrogens (primary N) is 1. The molecule has 0 fully saturated rings. The number of hydrogen-bond acceptors (Lipinski definition) is 1. The molecule has 19 heavy (non-hydrogen) atoms. The van der Waals surface area contributed by atoms with Crippen LogP contribution in [-0.2, 0) is 12.0 Å². The Kier molecular flexibility index (Phi) is 4.07. The van der Waals surface area contributed by atoms with Gasteiger partial charge in [0.25, 0.3) is 0 Å². The van der Waals surface area contributed by atoms with Crippen molar-refractivity contribution in [1.29, 1.82) is 0 Å². The van der Waals surface area contributed by atoms with E-state index in [9.17, 15) is 4.39 Å². The smallest absolute Gasteiger partial charge is 0.124 e. The Labute approximate surface area is 121 Å². The van der Waals surface area contributed by atoms with Crippen molar-refractivity contribution in [3.8, 4) is 0 Å². The van der Waals surface area contributed by atoms with Gasteiger partial charge in [-0.25, -0.2) is 4.39 Å². The molecule has 1 atom stereocenters. The van der Waals surface area contributed by atoms with Crippen molar-refractivity contribution in [2.45, 2.75) is 25.8 Å². The lowest BCUT2D eigenvalue weighted by Gasteiger charge is -2.25. The van der Waals surface area contributed by atoms with Crippen LogP contribution < -0.4 is 5.73 Å². The maximum Gasteiger partial charge on any atom is 0.124 e. The third kappa shape index (κ3) is 3.64. The first-order valence-electron chi connectivity index (χ1n) is 6.18. The Morgan fingerprint density at radius 1 is 1.16 bits per heavy atom. The zero-order valence-corrected chi connectivity index (χ0v) is 12.7. The van der Waals surface area contributed by atoms with Gasteiger partial charge < -0.3 is 5.73 Å². The van der Waals surface area contributed by atoms with Gasteiger partial charge in [-0.05, 0) is 49.6 Å². The van der Waals surface area contributed by atoms with Crippen LogP contribution in [0.1, 0.15) is 23.6 Å². The molecule has 2 aromatic carbocycles. The fourth-order valence-electron chi connectivity index (χ4n) is 2.17. The minimum Gasteiger partial charge on any atom is -0.321 e. The molecule has 0 radical (unpaired) electrons. The summed E-state index contributed by atoms with van der Waals surface area (Å²) in [6.07, 6.45) is 0.590. The van der Waals surface area contributed by atoms with Crippen molar-refractivity contribution in [1.82, 2.24) is 0 Å². The number of hydrogen-bond donors (Lipinski definition) is 1. The van der Waals surface area contributed by atoms with Crippen molar-refractivity contribution in [3.05, 3.63) is 69.4 Å². The predicted molar refractivity (Wildman–Crippen MR) is 80.5 cm³/mol. The van der Waals surface area contributed by atoms with Gasteiger partial charge in [0.05, 0.1) is 0 Å². The lowest BCUT2D eigenvalue weighted by Crippen LogP contribution is -2.35. The van der Waals surface area contributed by atoms with E-state index in [1.165, 1.54) is 17.7 Å². The van der Waals surface area contributed by atoms with E-state index in [1.807, 2.05) is 44.2 Å². The molecular formula is C16H17BrFN. The molecule has 0 aromatic heterocycles. The molecule has 3 heteroatoms. The van der Waals surface area contributed by atoms with E-state index in [4.69, 9.17) is 5.73 Å². The Bertz CT molecular complexity index is 556. The second-order valence-corrected chi connectivity index (χ2v) is 6.15. The molecule has 0 aliphatic heterocycles. The molecule has 1 nitrogen and oxygen atoms in total. The number of aryl methyl sites for hydroxylation is 1. The summed E-state index contributed by atoms with van der Waals surface area (Å²) in [7, 11) is 0. The highest BCUT2D eigenvalue weighted by Gasteiger charge is 2.22. The summed E-state index contributed by atoms with van der Waals surface area (Å²) in [5, 5.41) is 0. The lowest BCUT2D eigenvalue weighted by molar-refractivity contribution is 0.489. The van der Waals surface area contributed by atoms with Crippen LogP contribution in [0.25, 0.3) is 0 Å². The van der Waals surface area contributed by atoms with Crippen molar-refractivity contribution >= 4 is 15.9 Å². The molecule has 0 aliphatic rings. The van der Waals surface area contributed by atoms with Gasteiger partial charge in [-0.15, -0.1) is 0 Å². The van der Waals surface area contributed by atoms with E-state index < -0.39 is 5.54 Å². The molecule has 2 aromatic rings. The van der Waals surface area contributed by atoms with Crippen molar-refractivity contribution in [2.75, 3.05) is 0 Å². The van der Waals surface area contributed by atoms with Crippen LogP contribution in [0.2, 0.25) is 0 Å². The van der Waals surface area contributed by atoms with Crippen LogP contribution in [0, 0.1) is 12.7 Å². The van der Waals surface area contributed by atoms with Gasteiger partial charge >= 0.3 is 0 Å². The minimum absolute atomic E-state index is 0.246. The molecule has 1 unspecified atom stereocenters. The summed E-state index contributed by atoms with van der Waals surface area (Å²) in [6, 6.07) is 13.0. The third-order valence-electron chi connectivity index (χ3n) is 3.20. The van der Waals surface area contributed by atoms with Crippen LogP contribution in [0.5, 0.6) is 0 Å². The molecule has 0 saturated carbocycles. The molecule has 0 aliphatic carbocycles. The molecule has 0 amide bonds. The number of rotatable bonds is 3. The molecule has 0 bridgehead atoms. The van der Waals surface area contributed by atoms with Gasteiger partial charge in [-0.2, -0.15) is 0 Å². The molecular weight excluding hydrogens is 305 g/mol. The van der Waals surface area contributed by atoms with Crippen LogP contribution in [-0.4, -0.2) is 0 Å². The number of benzene rings is 2. The van der Waals surface area contributed by atoms with Gasteiger partial charge in [0.1, 0.15) is 5.82 Å². The van der Waals surface area contributed by atoms with Gasteiger partial charge in [0.15, 0.2) is 0 Å². The largest absolute Gasteiger partial charge is 0.321 e. The average Bonchev–Trinajstić information content (AvgIpc) is 2.27. The third-order valence-corrected chi connectivity index (χ3v) is 3.66. The molecule has 2 rings (SSSR count). The highest BCUT2D eigenvalue weighted by molar-refractivity contribution is 9.10. The van der Waals surface area contributed by atoms with Gasteiger partial charge in [-0.3, -0.25) is 0 Å². The quantitative estimate of drug-likeness (QED) is 0.895. The standard InChI is InChI=1S/C16H17BrFN/c1-11-3-5-13(6-4-11)16(2,19)10-12-7-14(17)9-15(18)8-12/h3-9H,10,19H2,1-2H3. The summed E-state index contributed by atoms with van der Waals surface area (Å²) in [6.45, 7) is 4.01. The summed E-state index contributed by atoms with van der Waals surface area (Å²) in [4.78, 5) is 0. The van der Waals surface area contributed by atoms with Crippen LogP contribution >= 0.6 is 15.9 Å². The summed E-state index contributed by atoms with van der Waals surface area (Å²) >= 11 is 3.31. The second-order valence-electron chi connectivity index (χ2n) is 5.24. The summed E-state index contributed by atoms with van der Waals surface area (Å²) in [5.41, 5.74) is 9.01. The topological polar surface area (TPSA) is 26.0 Å². The van der Waals surface area contributed by atoms with Crippen LogP contribution in [0.15, 0.2) is 46.9 Å². The Balaban J connectivity index is 2.27. The molecule has 0 saturated heterocycles. The molecule has 2 N–H and O–H groups in total. The highest BCUT2D eigenvalue weighted by Crippen LogP contribution is 2.25. The minimum atomic E-state index is -0.513. The van der Waals surface area contributed by atoms with E-state index in [-0.39, 0.29) is 5.82 Å². The first-order chi connectivity index (χ1) is 8.87. The van der Waals surface area contributed by atoms with Gasteiger partial charge in [0.2, 0.25) is 0 Å². The van der Waals surface area contributed by atoms with E-state index >= 15 is 0 Å². The van der Waals surface area contributed by atoms with Gasteiger partial charge in [-0.1, -0.05) is 45.8 Å². The van der Waals surface area contributed by atoms with E-state index in [1.54, 1.807) is 0 Å². The van der Waals surface area contributed by atoms with E-state index in [0.717, 1.165) is 15.6 Å². The zero-order valence-electron chi connectivity index (χ0n) is 11.1. The Morgan fingerprint density at radius 3 is 2.37 bits per heavy atom. The normalized spacial score (nSPS) is 14.2. The summed E-state index contributed by atoms with van der Waals surface area (Å²) < 4.78 is 14.1. The van der Waals surface area contributed by atoms with E-state index in [2.05, 4.69) is 15.9 Å². The van der Waals surface area contributed by atoms with E-state index in [0.29, 0.717) is 6.42 Å². The average molecular weight is 322 g/mol. The first kappa shape index (κ1) is 14.2. The van der Waals surface area contributed by atoms with Crippen LogP contribution in [0.4, 0.5) is 4.39 Å².